The average molecular weight is 692 g/mol. The number of benzene rings is 2. The fraction of sp³-hybridized carbons (Fsp3) is 0.257. The fourth-order valence-electron chi connectivity index (χ4n) is 5.90. The topological polar surface area (TPSA) is 197 Å². The molecule has 0 spiro atoms. The number of hydrogen-bond acceptors (Lipinski definition) is 10. The van der Waals surface area contributed by atoms with Gasteiger partial charge in [0.2, 0.25) is 16.0 Å². The van der Waals surface area contributed by atoms with E-state index < -0.39 is 10.0 Å². The van der Waals surface area contributed by atoms with Crippen LogP contribution in [0.1, 0.15) is 42.4 Å². The summed E-state index contributed by atoms with van der Waals surface area (Å²) in [5.74, 6) is 1.31. The Kier molecular flexibility index (Phi) is 10.3. The first-order chi connectivity index (χ1) is 24.2. The van der Waals surface area contributed by atoms with Crippen molar-refractivity contribution in [1.82, 2.24) is 30.0 Å². The monoisotopic (exact) mass is 691 g/mol. The predicted octanol–water partition coefficient (Wildman–Crippen LogP) is 4.54. The van der Waals surface area contributed by atoms with Gasteiger partial charge in [-0.2, -0.15) is 15.3 Å². The molecule has 5 N–H and O–H groups in total. The predicted molar refractivity (Wildman–Crippen MR) is 189 cm³/mol. The second-order valence-corrected chi connectivity index (χ2v) is 13.6. The molecule has 6 rings (SSSR count). The van der Waals surface area contributed by atoms with Crippen LogP contribution < -0.4 is 26.0 Å². The van der Waals surface area contributed by atoms with E-state index in [1.54, 1.807) is 34.1 Å². The van der Waals surface area contributed by atoms with Crippen LogP contribution in [0.4, 0.5) is 22.4 Å². The molecule has 2 amide bonds. The lowest BCUT2D eigenvalue weighted by Gasteiger charge is -2.36. The third-order valence-corrected chi connectivity index (χ3v) is 9.48. The van der Waals surface area contributed by atoms with E-state index in [0.717, 1.165) is 47.9 Å². The third kappa shape index (κ3) is 8.41. The molecule has 256 valence electrons. The zero-order valence-corrected chi connectivity index (χ0v) is 28.2. The van der Waals surface area contributed by atoms with Crippen LogP contribution in [0.25, 0.3) is 11.1 Å². The van der Waals surface area contributed by atoms with Crippen molar-refractivity contribution in [1.29, 1.82) is 5.26 Å². The number of nitrogens with zero attached hydrogens (tertiary/aromatic N) is 7. The van der Waals surface area contributed by atoms with E-state index in [1.807, 2.05) is 55.7 Å². The van der Waals surface area contributed by atoms with Crippen molar-refractivity contribution in [3.05, 3.63) is 108 Å². The Morgan fingerprint density at radius 1 is 0.940 bits per heavy atom. The zero-order valence-electron chi connectivity index (χ0n) is 27.4. The minimum Gasteiger partial charge on any atom is -0.365 e. The molecule has 0 radical (unpaired) electrons. The smallest absolute Gasteiger partial charge is 0.323 e. The number of urea groups is 1. The van der Waals surface area contributed by atoms with Crippen LogP contribution in [-0.4, -0.2) is 51.3 Å². The number of hydrogen-bond donors (Lipinski definition) is 4. The first-order valence-corrected chi connectivity index (χ1v) is 17.7. The van der Waals surface area contributed by atoms with Crippen molar-refractivity contribution in [2.45, 2.75) is 55.8 Å². The van der Waals surface area contributed by atoms with Gasteiger partial charge in [-0.3, -0.25) is 9.58 Å². The van der Waals surface area contributed by atoms with Gasteiger partial charge in [0.25, 0.3) is 0 Å². The van der Waals surface area contributed by atoms with E-state index in [-0.39, 0.29) is 28.6 Å². The molecule has 5 aromatic rings. The minimum atomic E-state index is -3.79. The van der Waals surface area contributed by atoms with Gasteiger partial charge in [-0.05, 0) is 61.1 Å². The molecule has 3 heterocycles. The van der Waals surface area contributed by atoms with Crippen LogP contribution in [0.2, 0.25) is 0 Å². The van der Waals surface area contributed by atoms with Crippen LogP contribution in [0.15, 0.2) is 96.4 Å². The number of rotatable bonds is 11. The van der Waals surface area contributed by atoms with Crippen molar-refractivity contribution >= 4 is 33.6 Å². The Morgan fingerprint density at radius 3 is 2.32 bits per heavy atom. The van der Waals surface area contributed by atoms with Crippen LogP contribution in [0.3, 0.4) is 0 Å². The number of aromatic nitrogens is 5. The Morgan fingerprint density at radius 2 is 1.68 bits per heavy atom. The van der Waals surface area contributed by atoms with E-state index in [2.05, 4.69) is 37.1 Å². The molecule has 3 aromatic heterocycles. The highest BCUT2D eigenvalue weighted by atomic mass is 32.2. The number of nitrogens with two attached hydrogens (primary N) is 1. The molecular formula is C35H37N11O3S. The van der Waals surface area contributed by atoms with Gasteiger partial charge in [-0.25, -0.2) is 28.3 Å². The lowest BCUT2D eigenvalue weighted by molar-refractivity contribution is 0.240. The summed E-state index contributed by atoms with van der Waals surface area (Å²) in [6, 6.07) is 21.6. The molecule has 0 unspecified atom stereocenters. The molecule has 0 aliphatic heterocycles. The maximum atomic E-state index is 13.7. The van der Waals surface area contributed by atoms with Gasteiger partial charge < -0.3 is 16.0 Å². The second kappa shape index (κ2) is 15.1. The molecule has 1 aliphatic carbocycles. The van der Waals surface area contributed by atoms with Gasteiger partial charge in [0.05, 0.1) is 17.3 Å². The first-order valence-electron chi connectivity index (χ1n) is 16.1. The quantitative estimate of drug-likeness (QED) is 0.153. The maximum Gasteiger partial charge on any atom is 0.323 e. The van der Waals surface area contributed by atoms with Gasteiger partial charge in [-0.1, -0.05) is 42.5 Å². The van der Waals surface area contributed by atoms with Gasteiger partial charge in [-0.15, -0.1) is 0 Å². The molecule has 15 heteroatoms. The molecule has 2 aromatic carbocycles. The number of primary sulfonamides is 1. The lowest BCUT2D eigenvalue weighted by atomic mass is 9.90. The number of nitriles is 1. The van der Waals surface area contributed by atoms with Crippen LogP contribution in [0.5, 0.6) is 0 Å². The number of carbonyl (C=O) groups excluding carboxylic acids is 1. The van der Waals surface area contributed by atoms with Crippen molar-refractivity contribution in [2.75, 3.05) is 15.5 Å². The third-order valence-electron chi connectivity index (χ3n) is 8.55. The number of carbonyl (C=O) groups is 1. The summed E-state index contributed by atoms with van der Waals surface area (Å²) < 4.78 is 24.9. The normalized spacial score (nSPS) is 15.9. The summed E-state index contributed by atoms with van der Waals surface area (Å²) >= 11 is 0. The number of pyridine rings is 1. The molecular weight excluding hydrogens is 655 g/mol. The standard InChI is InChI=1S/C35H37N11O3S/c1-45-23-28(22-42-45)26-9-16-32(38-20-26)46(35(47)41-19-24-5-3-2-4-6-24)30-12-10-29(11-13-30)43-34-40-21-27(17-36)33(44-34)39-18-25-7-14-31(15-8-25)50(37,48)49/h2-9,14-16,20-23,29-30H,10-13,18-19H2,1H3,(H,41,47)(H2,37,48,49)(H2,39,40,43,44)/t29-,30-. The lowest BCUT2D eigenvalue weighted by Crippen LogP contribution is -2.49. The Bertz CT molecular complexity index is 2070. The highest BCUT2D eigenvalue weighted by molar-refractivity contribution is 7.89. The van der Waals surface area contributed by atoms with Crippen LogP contribution in [-0.2, 0) is 30.2 Å². The van der Waals surface area contributed by atoms with E-state index in [4.69, 9.17) is 10.1 Å². The van der Waals surface area contributed by atoms with E-state index in [0.29, 0.717) is 30.7 Å². The van der Waals surface area contributed by atoms with Crippen molar-refractivity contribution in [3.8, 4) is 17.2 Å². The molecule has 50 heavy (non-hydrogen) atoms. The van der Waals surface area contributed by atoms with E-state index in [1.165, 1.54) is 18.3 Å². The van der Waals surface area contributed by atoms with E-state index in [9.17, 15) is 18.5 Å². The number of sulfonamides is 1. The Labute approximate surface area is 290 Å². The summed E-state index contributed by atoms with van der Waals surface area (Å²) in [7, 11) is -1.93. The highest BCUT2D eigenvalue weighted by Crippen LogP contribution is 2.30. The van der Waals surface area contributed by atoms with Gasteiger partial charge >= 0.3 is 6.03 Å². The SMILES string of the molecule is Cn1cc(-c2ccc(N(C(=O)NCc3ccccc3)[C@H]3CC[C@H](Nc4ncc(C#N)c(NCc5ccc(S(N)(=O)=O)cc5)n4)CC3)nc2)cn1. The van der Waals surface area contributed by atoms with Crippen molar-refractivity contribution in [3.63, 3.8) is 0 Å². The van der Waals surface area contributed by atoms with Crippen molar-refractivity contribution < 1.29 is 13.2 Å². The average Bonchev–Trinajstić information content (AvgIpc) is 3.57. The molecule has 0 atom stereocenters. The number of amides is 2. The molecule has 1 aliphatic rings. The van der Waals surface area contributed by atoms with Gasteiger partial charge in [0.1, 0.15) is 23.3 Å². The number of anilines is 3. The molecule has 0 bridgehead atoms. The summed E-state index contributed by atoms with van der Waals surface area (Å²) in [4.78, 5) is 29.2. The molecule has 14 nitrogen and oxygen atoms in total. The second-order valence-electron chi connectivity index (χ2n) is 12.1. The summed E-state index contributed by atoms with van der Waals surface area (Å²) in [6.45, 7) is 0.703. The molecule has 1 fully saturated rings. The van der Waals surface area contributed by atoms with E-state index >= 15 is 0 Å². The number of nitrogens with one attached hydrogen (secondary N) is 3. The van der Waals surface area contributed by atoms with Crippen LogP contribution >= 0.6 is 0 Å². The summed E-state index contributed by atoms with van der Waals surface area (Å²) in [5, 5.41) is 28.7. The zero-order chi connectivity index (χ0) is 35.1. The van der Waals surface area contributed by atoms with Gasteiger partial charge in [0.15, 0.2) is 0 Å². The van der Waals surface area contributed by atoms with Gasteiger partial charge in [0, 0.05) is 55.7 Å². The number of aryl methyl sites for hydroxylation is 1. The summed E-state index contributed by atoms with van der Waals surface area (Å²) in [6.07, 6.45) is 9.88. The highest BCUT2D eigenvalue weighted by Gasteiger charge is 2.31. The summed E-state index contributed by atoms with van der Waals surface area (Å²) in [5.41, 5.74) is 3.92. The fourth-order valence-corrected chi connectivity index (χ4v) is 6.41. The largest absolute Gasteiger partial charge is 0.365 e. The van der Waals surface area contributed by atoms with Crippen LogP contribution in [0, 0.1) is 11.3 Å². The van der Waals surface area contributed by atoms with Crippen molar-refractivity contribution in [2.24, 2.45) is 12.2 Å². The Hall–Kier alpha value is -5.85. The first kappa shape index (κ1) is 34.0. The molecule has 1 saturated carbocycles. The minimum absolute atomic E-state index is 0.0214. The maximum absolute atomic E-state index is 13.7. The Balaban J connectivity index is 1.11. The molecule has 0 saturated heterocycles.